The molecule has 9 nitrogen and oxygen atoms in total. The number of hydroxylamine groups is 2. The lowest BCUT2D eigenvalue weighted by Crippen LogP contribution is -2.46. The minimum absolute atomic E-state index is 0.0276. The van der Waals surface area contributed by atoms with Crippen LogP contribution in [0.15, 0.2) is 78.9 Å². The third-order valence-electron chi connectivity index (χ3n) is 4.65. The first-order valence-corrected chi connectivity index (χ1v) is 9.60. The molecule has 3 aromatic rings. The minimum Gasteiger partial charge on any atom is -0.508 e. The van der Waals surface area contributed by atoms with Crippen LogP contribution in [0.2, 0.25) is 0 Å². The number of nitro benzene ring substituents is 1. The Morgan fingerprint density at radius 3 is 2.28 bits per heavy atom. The number of rotatable bonds is 9. The summed E-state index contributed by atoms with van der Waals surface area (Å²) in [6, 6.07) is 18.3. The summed E-state index contributed by atoms with van der Waals surface area (Å²) in [6.07, 6.45) is -0.0802. The summed E-state index contributed by atoms with van der Waals surface area (Å²) in [7, 11) is 0. The largest absolute Gasteiger partial charge is 0.508 e. The Morgan fingerprint density at radius 2 is 1.66 bits per heavy atom. The summed E-state index contributed by atoms with van der Waals surface area (Å²) in [6.45, 7) is -0.250. The molecule has 0 aliphatic heterocycles. The molecular formula is C23H20N2O7. The number of hydrogen-bond donors (Lipinski definition) is 2. The number of carboxylic acid groups (broad SMARTS) is 1. The van der Waals surface area contributed by atoms with Crippen molar-refractivity contribution in [1.82, 2.24) is 5.06 Å². The number of nitrogens with zero attached hydrogens (tertiary/aromatic N) is 2. The van der Waals surface area contributed by atoms with Gasteiger partial charge < -0.3 is 10.2 Å². The van der Waals surface area contributed by atoms with Gasteiger partial charge in [-0.3, -0.25) is 19.7 Å². The lowest BCUT2D eigenvalue weighted by Gasteiger charge is -2.28. The van der Waals surface area contributed by atoms with E-state index in [4.69, 9.17) is 4.84 Å². The van der Waals surface area contributed by atoms with E-state index in [9.17, 15) is 29.9 Å². The SMILES string of the molecule is O=C(O)[C@@H](Cc1ccc(O)cc1)N(OCc1cccc([N+](=O)[O-])c1)C(=O)c1ccccc1. The van der Waals surface area contributed by atoms with Crippen LogP contribution in [0.4, 0.5) is 5.69 Å². The number of benzene rings is 3. The van der Waals surface area contributed by atoms with E-state index in [1.54, 1.807) is 36.4 Å². The fraction of sp³-hybridized carbons (Fsp3) is 0.130. The summed E-state index contributed by atoms with van der Waals surface area (Å²) in [5.41, 5.74) is 1.05. The van der Waals surface area contributed by atoms with Crippen molar-refractivity contribution in [1.29, 1.82) is 0 Å². The second-order valence-electron chi connectivity index (χ2n) is 6.92. The molecule has 164 valence electrons. The zero-order valence-electron chi connectivity index (χ0n) is 16.8. The Kier molecular flexibility index (Phi) is 7.14. The van der Waals surface area contributed by atoms with Gasteiger partial charge in [0.05, 0.1) is 4.92 Å². The fourth-order valence-electron chi connectivity index (χ4n) is 3.03. The van der Waals surface area contributed by atoms with Gasteiger partial charge in [0.25, 0.3) is 11.6 Å². The molecule has 32 heavy (non-hydrogen) atoms. The number of amides is 1. The van der Waals surface area contributed by atoms with Crippen molar-refractivity contribution in [3.8, 4) is 5.75 Å². The van der Waals surface area contributed by atoms with E-state index in [0.29, 0.717) is 11.1 Å². The average molecular weight is 436 g/mol. The van der Waals surface area contributed by atoms with Gasteiger partial charge in [-0.2, -0.15) is 0 Å². The predicted molar refractivity (Wildman–Crippen MR) is 114 cm³/mol. The quantitative estimate of drug-likeness (QED) is 0.387. The van der Waals surface area contributed by atoms with Crippen LogP contribution in [-0.4, -0.2) is 38.1 Å². The molecule has 0 heterocycles. The molecule has 1 amide bonds. The lowest BCUT2D eigenvalue weighted by atomic mass is 10.0. The smallest absolute Gasteiger partial charge is 0.329 e. The number of aromatic hydroxyl groups is 1. The topological polar surface area (TPSA) is 130 Å². The Hall–Kier alpha value is -4.24. The number of phenolic OH excluding ortho intramolecular Hbond substituents is 1. The van der Waals surface area contributed by atoms with Crippen LogP contribution < -0.4 is 0 Å². The number of phenols is 1. The molecule has 3 rings (SSSR count). The maximum atomic E-state index is 13.1. The highest BCUT2D eigenvalue weighted by molar-refractivity contribution is 5.95. The molecule has 0 bridgehead atoms. The Bertz CT molecular complexity index is 1100. The number of carbonyl (C=O) groups excluding carboxylic acids is 1. The third kappa shape index (κ3) is 5.67. The summed E-state index contributed by atoms with van der Waals surface area (Å²) >= 11 is 0. The van der Waals surface area contributed by atoms with Crippen molar-refractivity contribution in [2.45, 2.75) is 19.1 Å². The van der Waals surface area contributed by atoms with Crippen molar-refractivity contribution in [3.05, 3.63) is 106 Å². The van der Waals surface area contributed by atoms with Crippen molar-refractivity contribution < 1.29 is 29.6 Å². The van der Waals surface area contributed by atoms with Crippen LogP contribution in [0.1, 0.15) is 21.5 Å². The van der Waals surface area contributed by atoms with E-state index < -0.39 is 22.8 Å². The molecule has 0 spiro atoms. The Morgan fingerprint density at radius 1 is 0.969 bits per heavy atom. The molecule has 9 heteroatoms. The molecule has 0 aliphatic rings. The average Bonchev–Trinajstić information content (AvgIpc) is 2.80. The number of hydrogen-bond acceptors (Lipinski definition) is 6. The maximum absolute atomic E-state index is 13.1. The number of carboxylic acids is 1. The van der Waals surface area contributed by atoms with Gasteiger partial charge in [0.1, 0.15) is 12.4 Å². The first-order valence-electron chi connectivity index (χ1n) is 9.60. The first kappa shape index (κ1) is 22.4. The van der Waals surface area contributed by atoms with Crippen LogP contribution in [0, 0.1) is 10.1 Å². The zero-order chi connectivity index (χ0) is 23.1. The highest BCUT2D eigenvalue weighted by Crippen LogP contribution is 2.19. The van der Waals surface area contributed by atoms with Gasteiger partial charge in [-0.05, 0) is 35.4 Å². The highest BCUT2D eigenvalue weighted by Gasteiger charge is 2.32. The van der Waals surface area contributed by atoms with E-state index in [1.165, 1.54) is 42.5 Å². The molecule has 2 N–H and O–H groups in total. The van der Waals surface area contributed by atoms with Crippen LogP contribution in [-0.2, 0) is 22.7 Å². The molecular weight excluding hydrogens is 416 g/mol. The van der Waals surface area contributed by atoms with Crippen molar-refractivity contribution in [2.24, 2.45) is 0 Å². The van der Waals surface area contributed by atoms with Gasteiger partial charge in [0.2, 0.25) is 0 Å². The molecule has 0 aliphatic carbocycles. The summed E-state index contributed by atoms with van der Waals surface area (Å²) in [5.74, 6) is -1.93. The Labute approximate surface area is 183 Å². The summed E-state index contributed by atoms with van der Waals surface area (Å²) < 4.78 is 0. The molecule has 3 aromatic carbocycles. The second-order valence-corrected chi connectivity index (χ2v) is 6.92. The molecule has 0 saturated carbocycles. The van der Waals surface area contributed by atoms with Gasteiger partial charge in [-0.25, -0.2) is 9.86 Å². The van der Waals surface area contributed by atoms with Gasteiger partial charge >= 0.3 is 5.97 Å². The second kappa shape index (κ2) is 10.2. The van der Waals surface area contributed by atoms with E-state index >= 15 is 0 Å². The van der Waals surface area contributed by atoms with E-state index in [2.05, 4.69) is 0 Å². The van der Waals surface area contributed by atoms with Crippen molar-refractivity contribution in [3.63, 3.8) is 0 Å². The molecule has 0 aromatic heterocycles. The van der Waals surface area contributed by atoms with E-state index in [-0.39, 0.29) is 30.0 Å². The van der Waals surface area contributed by atoms with Gasteiger partial charge in [-0.15, -0.1) is 0 Å². The molecule has 0 unspecified atom stereocenters. The monoisotopic (exact) mass is 436 g/mol. The fourth-order valence-corrected chi connectivity index (χ4v) is 3.03. The van der Waals surface area contributed by atoms with Crippen molar-refractivity contribution >= 4 is 17.6 Å². The van der Waals surface area contributed by atoms with E-state index in [1.807, 2.05) is 0 Å². The predicted octanol–water partition coefficient (Wildman–Crippen LogP) is 3.57. The molecule has 0 fully saturated rings. The van der Waals surface area contributed by atoms with Crippen LogP contribution >= 0.6 is 0 Å². The van der Waals surface area contributed by atoms with E-state index in [0.717, 1.165) is 5.06 Å². The number of carbonyl (C=O) groups is 2. The standard InChI is InChI=1S/C23H20N2O7/c26-20-11-9-16(10-12-20)14-21(23(28)29)24(22(27)18-6-2-1-3-7-18)32-15-17-5-4-8-19(13-17)25(30)31/h1-13,21,26H,14-15H2,(H,28,29)/t21-/m1/s1. The van der Waals surface area contributed by atoms with Crippen LogP contribution in [0.25, 0.3) is 0 Å². The first-order chi connectivity index (χ1) is 15.3. The summed E-state index contributed by atoms with van der Waals surface area (Å²) in [4.78, 5) is 41.3. The summed E-state index contributed by atoms with van der Waals surface area (Å²) in [5, 5.41) is 31.1. The molecule has 1 atom stereocenters. The number of aliphatic carboxylic acids is 1. The minimum atomic E-state index is -1.38. The lowest BCUT2D eigenvalue weighted by molar-refractivity contribution is -0.385. The van der Waals surface area contributed by atoms with Gasteiger partial charge in [0.15, 0.2) is 6.04 Å². The maximum Gasteiger partial charge on any atom is 0.329 e. The zero-order valence-corrected chi connectivity index (χ0v) is 16.8. The number of non-ortho nitro benzene ring substituents is 1. The third-order valence-corrected chi connectivity index (χ3v) is 4.65. The normalized spacial score (nSPS) is 11.5. The number of nitro groups is 1. The Balaban J connectivity index is 1.90. The van der Waals surface area contributed by atoms with Crippen molar-refractivity contribution in [2.75, 3.05) is 0 Å². The molecule has 0 radical (unpaired) electrons. The molecule has 0 saturated heterocycles. The highest BCUT2D eigenvalue weighted by atomic mass is 16.7. The van der Waals surface area contributed by atoms with Gasteiger partial charge in [-0.1, -0.05) is 42.5 Å². The van der Waals surface area contributed by atoms with Crippen LogP contribution in [0.5, 0.6) is 5.75 Å². The van der Waals surface area contributed by atoms with Gasteiger partial charge in [0, 0.05) is 24.1 Å². The van der Waals surface area contributed by atoms with Crippen LogP contribution in [0.3, 0.4) is 0 Å².